The average Bonchev–Trinajstić information content (AvgIpc) is 2.38. The van der Waals surface area contributed by atoms with Gasteiger partial charge in [0.25, 0.3) is 0 Å². The van der Waals surface area contributed by atoms with E-state index in [9.17, 15) is 8.42 Å². The Hall–Kier alpha value is -0.230. The lowest BCUT2D eigenvalue weighted by Gasteiger charge is -2.23. The van der Waals surface area contributed by atoms with Gasteiger partial charge in [-0.25, -0.2) is 8.42 Å². The van der Waals surface area contributed by atoms with Crippen LogP contribution in [0.5, 0.6) is 0 Å². The van der Waals surface area contributed by atoms with Crippen LogP contribution < -0.4 is 0 Å². The fourth-order valence-electron chi connectivity index (χ4n) is 1.54. The molecular weight excluding hydrogens is 290 g/mol. The summed E-state index contributed by atoms with van der Waals surface area (Å²) in [6.07, 6.45) is 1.96. The molecule has 0 amide bonds. The smallest absolute Gasteiger partial charge is 0.207 e. The minimum atomic E-state index is -3.43. The van der Waals surface area contributed by atoms with Crippen LogP contribution in [-0.2, 0) is 15.9 Å². The van der Waals surface area contributed by atoms with Gasteiger partial charge in [-0.05, 0) is 30.9 Å². The van der Waals surface area contributed by atoms with Crippen molar-refractivity contribution in [3.8, 4) is 0 Å². The van der Waals surface area contributed by atoms with Gasteiger partial charge in [0.05, 0.1) is 4.90 Å². The first kappa shape index (κ1) is 15.8. The number of nitrogens with zero attached hydrogens (tertiary/aromatic N) is 1. The van der Waals surface area contributed by atoms with Gasteiger partial charge >= 0.3 is 0 Å². The lowest BCUT2D eigenvalue weighted by molar-refractivity contribution is 0.415. The van der Waals surface area contributed by atoms with Gasteiger partial charge in [-0.15, -0.1) is 11.6 Å². The van der Waals surface area contributed by atoms with Crippen molar-refractivity contribution >= 4 is 33.4 Å². The third-order valence-electron chi connectivity index (χ3n) is 2.76. The Bertz CT molecular complexity index is 491. The van der Waals surface area contributed by atoms with Gasteiger partial charge in [0.1, 0.15) is 0 Å². The molecular formula is C12H18ClNO2S2. The Kier molecular flexibility index (Phi) is 5.98. The van der Waals surface area contributed by atoms with Crippen LogP contribution in [0.2, 0.25) is 0 Å². The molecule has 18 heavy (non-hydrogen) atoms. The first-order chi connectivity index (χ1) is 8.43. The van der Waals surface area contributed by atoms with Crippen LogP contribution in [-0.4, -0.2) is 37.8 Å². The van der Waals surface area contributed by atoms with Crippen molar-refractivity contribution in [2.24, 2.45) is 0 Å². The minimum Gasteiger partial charge on any atom is -0.207 e. The minimum absolute atomic E-state index is 0.0374. The van der Waals surface area contributed by atoms with E-state index in [0.29, 0.717) is 10.8 Å². The van der Waals surface area contributed by atoms with E-state index < -0.39 is 10.0 Å². The first-order valence-corrected chi connectivity index (χ1v) is 8.92. The number of rotatable bonds is 6. The highest BCUT2D eigenvalue weighted by Crippen LogP contribution is 2.19. The Labute approximate surface area is 119 Å². The van der Waals surface area contributed by atoms with Crippen molar-refractivity contribution in [3.05, 3.63) is 29.8 Å². The Balaban J connectivity index is 3.05. The number of thioether (sulfide) groups is 1. The third kappa shape index (κ3) is 3.63. The molecule has 1 rings (SSSR count). The van der Waals surface area contributed by atoms with E-state index in [4.69, 9.17) is 11.6 Å². The molecule has 1 aromatic rings. The molecule has 0 saturated carbocycles. The molecule has 0 N–H and O–H groups in total. The number of halogens is 1. The fourth-order valence-corrected chi connectivity index (χ4v) is 3.94. The summed E-state index contributed by atoms with van der Waals surface area (Å²) in [6, 6.07) is 6.73. The van der Waals surface area contributed by atoms with Crippen LogP contribution in [0.25, 0.3) is 0 Å². The Morgan fingerprint density at radius 1 is 1.44 bits per heavy atom. The summed E-state index contributed by atoms with van der Waals surface area (Å²) >= 11 is 7.36. The molecule has 0 radical (unpaired) electrons. The molecule has 0 aromatic heterocycles. The maximum Gasteiger partial charge on any atom is 0.243 e. The van der Waals surface area contributed by atoms with Crippen LogP contribution in [0.1, 0.15) is 12.5 Å². The molecule has 0 heterocycles. The predicted molar refractivity (Wildman–Crippen MR) is 78.8 cm³/mol. The van der Waals surface area contributed by atoms with Gasteiger partial charge in [-0.3, -0.25) is 0 Å². The van der Waals surface area contributed by atoms with Gasteiger partial charge in [-0.2, -0.15) is 16.1 Å². The van der Waals surface area contributed by atoms with E-state index in [1.807, 2.05) is 19.2 Å². The third-order valence-corrected chi connectivity index (χ3v) is 5.85. The van der Waals surface area contributed by atoms with Crippen molar-refractivity contribution in [2.75, 3.05) is 19.1 Å². The molecule has 0 spiro atoms. The molecule has 6 heteroatoms. The molecule has 102 valence electrons. The van der Waals surface area contributed by atoms with Crippen molar-refractivity contribution in [2.45, 2.75) is 23.7 Å². The van der Waals surface area contributed by atoms with Crippen LogP contribution >= 0.6 is 23.4 Å². The number of hydrogen-bond donors (Lipinski definition) is 0. The molecule has 1 aromatic carbocycles. The quantitative estimate of drug-likeness (QED) is 0.758. The topological polar surface area (TPSA) is 37.4 Å². The summed E-state index contributed by atoms with van der Waals surface area (Å²) < 4.78 is 26.2. The van der Waals surface area contributed by atoms with Crippen LogP contribution in [0.3, 0.4) is 0 Å². The van der Waals surface area contributed by atoms with E-state index in [-0.39, 0.29) is 6.04 Å². The Morgan fingerprint density at radius 2 is 2.11 bits per heavy atom. The summed E-state index contributed by atoms with van der Waals surface area (Å²) in [7, 11) is -1.82. The monoisotopic (exact) mass is 307 g/mol. The highest BCUT2D eigenvalue weighted by molar-refractivity contribution is 7.98. The molecule has 1 atom stereocenters. The maximum atomic E-state index is 12.4. The molecule has 1 unspecified atom stereocenters. The van der Waals surface area contributed by atoms with Crippen molar-refractivity contribution < 1.29 is 8.42 Å². The zero-order chi connectivity index (χ0) is 13.8. The van der Waals surface area contributed by atoms with Crippen LogP contribution in [0.15, 0.2) is 29.2 Å². The number of alkyl halides is 1. The summed E-state index contributed by atoms with van der Waals surface area (Å²) in [5, 5.41) is 0. The fraction of sp³-hybridized carbons (Fsp3) is 0.500. The first-order valence-electron chi connectivity index (χ1n) is 5.55. The second-order valence-electron chi connectivity index (χ2n) is 4.11. The average molecular weight is 308 g/mol. The lowest BCUT2D eigenvalue weighted by Crippen LogP contribution is -2.36. The maximum absolute atomic E-state index is 12.4. The SMILES string of the molecule is CSCC(C)N(C)S(=O)(=O)c1cccc(CCl)c1. The van der Waals surface area contributed by atoms with Crippen molar-refractivity contribution in [3.63, 3.8) is 0 Å². The van der Waals surface area contributed by atoms with Gasteiger partial charge in [0, 0.05) is 24.7 Å². The van der Waals surface area contributed by atoms with E-state index in [1.165, 1.54) is 4.31 Å². The van der Waals surface area contributed by atoms with Crippen LogP contribution in [0.4, 0.5) is 0 Å². The summed E-state index contributed by atoms with van der Waals surface area (Å²) in [5.41, 5.74) is 0.809. The summed E-state index contributed by atoms with van der Waals surface area (Å²) in [6.45, 7) is 1.90. The molecule has 0 aliphatic carbocycles. The molecule has 3 nitrogen and oxygen atoms in total. The van der Waals surface area contributed by atoms with E-state index >= 15 is 0 Å². The number of sulfonamides is 1. The van der Waals surface area contributed by atoms with Crippen molar-refractivity contribution in [1.82, 2.24) is 4.31 Å². The lowest BCUT2D eigenvalue weighted by atomic mass is 10.2. The second-order valence-corrected chi connectivity index (χ2v) is 7.28. The van der Waals surface area contributed by atoms with Gasteiger partial charge in [-0.1, -0.05) is 12.1 Å². The molecule has 0 aliphatic heterocycles. The molecule has 0 bridgehead atoms. The largest absolute Gasteiger partial charge is 0.243 e. The number of benzene rings is 1. The molecule has 0 aliphatic rings. The molecule has 0 fully saturated rings. The van der Waals surface area contributed by atoms with Crippen molar-refractivity contribution in [1.29, 1.82) is 0 Å². The predicted octanol–water partition coefficient (Wildman–Crippen LogP) is 2.80. The highest BCUT2D eigenvalue weighted by Gasteiger charge is 2.25. The van der Waals surface area contributed by atoms with E-state index in [2.05, 4.69) is 0 Å². The zero-order valence-corrected chi connectivity index (χ0v) is 13.1. The zero-order valence-electron chi connectivity index (χ0n) is 10.8. The number of hydrogen-bond acceptors (Lipinski definition) is 3. The summed E-state index contributed by atoms with van der Waals surface area (Å²) in [4.78, 5) is 0.302. The Morgan fingerprint density at radius 3 is 2.67 bits per heavy atom. The normalized spacial score (nSPS) is 13.8. The summed E-state index contributed by atoms with van der Waals surface area (Å²) in [5.74, 6) is 1.08. The van der Waals surface area contributed by atoms with E-state index in [0.717, 1.165) is 11.3 Å². The van der Waals surface area contributed by atoms with E-state index in [1.54, 1.807) is 37.0 Å². The van der Waals surface area contributed by atoms with Gasteiger partial charge < -0.3 is 0 Å². The molecule has 0 saturated heterocycles. The highest BCUT2D eigenvalue weighted by atomic mass is 35.5. The van der Waals surface area contributed by atoms with Gasteiger partial charge in [0.2, 0.25) is 10.0 Å². The standard InChI is InChI=1S/C12H18ClNO2S2/c1-10(9-17-3)14(2)18(15,16)12-6-4-5-11(7-12)8-13/h4-7,10H,8-9H2,1-3H3. The van der Waals surface area contributed by atoms with Gasteiger partial charge in [0.15, 0.2) is 0 Å². The second kappa shape index (κ2) is 6.80. The van der Waals surface area contributed by atoms with Crippen LogP contribution in [0, 0.1) is 0 Å².